The number of nitrogens with zero attached hydrogens (tertiary/aromatic N) is 3. The molecule has 1 aliphatic heterocycles. The molecule has 2 aliphatic rings. The van der Waals surface area contributed by atoms with Crippen molar-refractivity contribution < 1.29 is 14.0 Å². The maximum absolute atomic E-state index is 14.7. The second-order valence-corrected chi connectivity index (χ2v) is 7.81. The topological polar surface area (TPSA) is 53.0 Å². The number of hydrogen-bond acceptors (Lipinski definition) is 3. The second-order valence-electron chi connectivity index (χ2n) is 7.81. The summed E-state index contributed by atoms with van der Waals surface area (Å²) in [6.45, 7) is 5.26. The summed E-state index contributed by atoms with van der Waals surface area (Å²) in [5.41, 5.74) is -1.93. The molecule has 0 aromatic carbocycles. The third kappa shape index (κ3) is 4.79. The van der Waals surface area contributed by atoms with E-state index < -0.39 is 5.67 Å². The molecule has 5 nitrogen and oxygen atoms in total. The molecule has 142 valence electrons. The van der Waals surface area contributed by atoms with Gasteiger partial charge in [0.15, 0.2) is 5.67 Å². The number of alkyl halides is 1. The van der Waals surface area contributed by atoms with Crippen LogP contribution in [0.15, 0.2) is 4.99 Å². The minimum atomic E-state index is -1.64. The summed E-state index contributed by atoms with van der Waals surface area (Å²) in [7, 11) is 1.73. The summed E-state index contributed by atoms with van der Waals surface area (Å²) >= 11 is 0. The summed E-state index contributed by atoms with van der Waals surface area (Å²) < 4.78 is 14.7. The number of carbonyl (C=O) groups is 2. The predicted octanol–water partition coefficient (Wildman–Crippen LogP) is 3.33. The predicted molar refractivity (Wildman–Crippen MR) is 97.3 cm³/mol. The first-order valence-electron chi connectivity index (χ1n) is 9.59. The van der Waals surface area contributed by atoms with E-state index in [1.807, 2.05) is 0 Å². The number of amides is 2. The van der Waals surface area contributed by atoms with Gasteiger partial charge in [-0.15, -0.1) is 0 Å². The Morgan fingerprint density at radius 2 is 1.84 bits per heavy atom. The lowest BCUT2D eigenvalue weighted by Gasteiger charge is -2.39. The molecule has 0 bridgehead atoms. The number of piperidine rings is 1. The van der Waals surface area contributed by atoms with E-state index in [0.717, 1.165) is 44.3 Å². The van der Waals surface area contributed by atoms with Gasteiger partial charge in [-0.2, -0.15) is 0 Å². The van der Waals surface area contributed by atoms with Crippen molar-refractivity contribution >= 4 is 18.2 Å². The fourth-order valence-electron chi connectivity index (χ4n) is 3.75. The number of rotatable bonds is 6. The van der Waals surface area contributed by atoms with Crippen molar-refractivity contribution in [2.24, 2.45) is 4.99 Å². The molecule has 0 radical (unpaired) electrons. The quantitative estimate of drug-likeness (QED) is 0.418. The van der Waals surface area contributed by atoms with Crippen LogP contribution in [0.5, 0.6) is 0 Å². The Bertz CT molecular complexity index is 507. The molecule has 2 rings (SSSR count). The summed E-state index contributed by atoms with van der Waals surface area (Å²) in [5.74, 6) is 0.476. The molecule has 1 aliphatic carbocycles. The molecule has 0 N–H and O–H groups in total. The summed E-state index contributed by atoms with van der Waals surface area (Å²) in [6.07, 6.45) is 7.35. The Kier molecular flexibility index (Phi) is 6.58. The Labute approximate surface area is 150 Å². The van der Waals surface area contributed by atoms with Gasteiger partial charge in [0.2, 0.25) is 6.41 Å². The van der Waals surface area contributed by atoms with Crippen LogP contribution in [-0.4, -0.2) is 59.3 Å². The van der Waals surface area contributed by atoms with E-state index in [1.165, 1.54) is 0 Å². The number of halogens is 1. The van der Waals surface area contributed by atoms with Crippen molar-refractivity contribution in [2.75, 3.05) is 20.1 Å². The minimum Gasteiger partial charge on any atom is -0.340 e. The Hall–Kier alpha value is -1.46. The number of amidine groups is 1. The molecule has 1 saturated carbocycles. The monoisotopic (exact) mass is 353 g/mol. The van der Waals surface area contributed by atoms with Gasteiger partial charge in [0, 0.05) is 26.6 Å². The molecule has 0 spiro atoms. The molecule has 2 fully saturated rings. The first-order valence-corrected chi connectivity index (χ1v) is 9.59. The molecule has 0 unspecified atom stereocenters. The Balaban J connectivity index is 2.01. The molecular formula is C19H32FN3O2. The second kappa shape index (κ2) is 8.28. The molecule has 1 heterocycles. The molecule has 0 aromatic rings. The minimum absolute atomic E-state index is 0.295. The maximum Gasteiger partial charge on any atom is 0.260 e. The largest absolute Gasteiger partial charge is 0.340 e. The molecule has 2 amide bonds. The van der Waals surface area contributed by atoms with E-state index >= 15 is 0 Å². The van der Waals surface area contributed by atoms with Gasteiger partial charge < -0.3 is 9.80 Å². The Morgan fingerprint density at radius 3 is 2.36 bits per heavy atom. The zero-order chi connectivity index (χ0) is 18.5. The van der Waals surface area contributed by atoms with E-state index in [1.54, 1.807) is 16.8 Å². The van der Waals surface area contributed by atoms with Crippen LogP contribution in [-0.2, 0) is 9.59 Å². The summed E-state index contributed by atoms with van der Waals surface area (Å²) in [6, 6.07) is 0. The standard InChI is InChI=1S/C19H32FN3O2/c1-4-5-8-16(22(3)15-24)21-18(2)11-13-23(14-12-18)17(25)19(20)9-6-7-10-19/h15H,4-14H2,1-3H3. The van der Waals surface area contributed by atoms with Gasteiger partial charge in [-0.05, 0) is 51.9 Å². The van der Waals surface area contributed by atoms with Crippen molar-refractivity contribution in [1.29, 1.82) is 0 Å². The van der Waals surface area contributed by atoms with E-state index in [4.69, 9.17) is 4.99 Å². The van der Waals surface area contributed by atoms with Crippen LogP contribution in [0, 0.1) is 0 Å². The van der Waals surface area contributed by atoms with Crippen molar-refractivity contribution in [3.63, 3.8) is 0 Å². The number of carbonyl (C=O) groups excluding carboxylic acids is 2. The number of hydrogen-bond donors (Lipinski definition) is 0. The van der Waals surface area contributed by atoms with E-state index in [9.17, 15) is 14.0 Å². The highest BCUT2D eigenvalue weighted by atomic mass is 19.1. The number of aliphatic imine (C=N–C) groups is 1. The molecule has 0 aromatic heterocycles. The highest BCUT2D eigenvalue weighted by Gasteiger charge is 2.45. The molecule has 25 heavy (non-hydrogen) atoms. The lowest BCUT2D eigenvalue weighted by Crippen LogP contribution is -2.51. The lowest BCUT2D eigenvalue weighted by atomic mass is 9.89. The molecular weight excluding hydrogens is 321 g/mol. The van der Waals surface area contributed by atoms with E-state index in [2.05, 4.69) is 13.8 Å². The van der Waals surface area contributed by atoms with Crippen LogP contribution < -0.4 is 0 Å². The third-order valence-corrected chi connectivity index (χ3v) is 5.63. The van der Waals surface area contributed by atoms with E-state index in [-0.39, 0.29) is 11.4 Å². The first kappa shape index (κ1) is 19.9. The molecule has 1 saturated heterocycles. The fraction of sp³-hybridized carbons (Fsp3) is 0.842. The first-order chi connectivity index (χ1) is 11.8. The van der Waals surface area contributed by atoms with Gasteiger partial charge in [0.1, 0.15) is 5.84 Å². The Morgan fingerprint density at radius 1 is 1.24 bits per heavy atom. The number of likely N-dealkylation sites (tertiary alicyclic amines) is 1. The average molecular weight is 353 g/mol. The van der Waals surface area contributed by atoms with Crippen LogP contribution in [0.3, 0.4) is 0 Å². The summed E-state index contributed by atoms with van der Waals surface area (Å²) in [5, 5.41) is 0. The van der Waals surface area contributed by atoms with Crippen LogP contribution in [0.25, 0.3) is 0 Å². The zero-order valence-electron chi connectivity index (χ0n) is 15.9. The normalized spacial score (nSPS) is 22.7. The SMILES string of the molecule is CCCCC(=NC1(C)CCN(C(=O)C2(F)CCCC2)CC1)N(C)C=O. The smallest absolute Gasteiger partial charge is 0.260 e. The lowest BCUT2D eigenvalue weighted by molar-refractivity contribution is -0.145. The van der Waals surface area contributed by atoms with Crippen molar-refractivity contribution in [3.8, 4) is 0 Å². The van der Waals surface area contributed by atoms with Crippen LogP contribution in [0.1, 0.15) is 71.6 Å². The van der Waals surface area contributed by atoms with E-state index in [0.29, 0.717) is 38.8 Å². The third-order valence-electron chi connectivity index (χ3n) is 5.63. The van der Waals surface area contributed by atoms with Gasteiger partial charge in [-0.25, -0.2) is 4.39 Å². The van der Waals surface area contributed by atoms with Crippen LogP contribution >= 0.6 is 0 Å². The number of unbranched alkanes of at least 4 members (excludes halogenated alkanes) is 1. The van der Waals surface area contributed by atoms with Gasteiger partial charge in [0.05, 0.1) is 5.54 Å². The summed E-state index contributed by atoms with van der Waals surface area (Å²) in [4.78, 5) is 31.7. The average Bonchev–Trinajstić information content (AvgIpc) is 3.06. The van der Waals surface area contributed by atoms with Gasteiger partial charge >= 0.3 is 0 Å². The fourth-order valence-corrected chi connectivity index (χ4v) is 3.75. The highest BCUT2D eigenvalue weighted by Crippen LogP contribution is 2.37. The molecule has 0 atom stereocenters. The van der Waals surface area contributed by atoms with Crippen molar-refractivity contribution in [3.05, 3.63) is 0 Å². The zero-order valence-corrected chi connectivity index (χ0v) is 15.9. The molecule has 6 heteroatoms. The highest BCUT2D eigenvalue weighted by molar-refractivity contribution is 5.90. The van der Waals surface area contributed by atoms with Crippen LogP contribution in [0.4, 0.5) is 4.39 Å². The van der Waals surface area contributed by atoms with Crippen molar-refractivity contribution in [2.45, 2.75) is 82.8 Å². The van der Waals surface area contributed by atoms with Gasteiger partial charge in [-0.3, -0.25) is 14.6 Å². The van der Waals surface area contributed by atoms with Gasteiger partial charge in [-0.1, -0.05) is 13.3 Å². The van der Waals surface area contributed by atoms with Gasteiger partial charge in [0.25, 0.3) is 5.91 Å². The maximum atomic E-state index is 14.7. The van der Waals surface area contributed by atoms with Crippen molar-refractivity contribution in [1.82, 2.24) is 9.80 Å². The van der Waals surface area contributed by atoms with Crippen LogP contribution in [0.2, 0.25) is 0 Å².